The average molecular weight is 145 g/mol. The Morgan fingerprint density at radius 3 is 2.78 bits per heavy atom. The second-order valence-corrected chi connectivity index (χ2v) is 2.54. The molecule has 1 aliphatic heterocycles. The molecule has 1 rings (SSSR count). The van der Waals surface area contributed by atoms with E-state index in [1.165, 1.54) is 0 Å². The molecule has 0 saturated carbocycles. The van der Waals surface area contributed by atoms with E-state index in [1.807, 2.05) is 0 Å². The molecule has 2 nitrogen and oxygen atoms in total. The van der Waals surface area contributed by atoms with Gasteiger partial charge >= 0.3 is 0 Å². The van der Waals surface area contributed by atoms with E-state index < -0.39 is 0 Å². The predicted molar refractivity (Wildman–Crippen MR) is 39.4 cm³/mol. The van der Waals surface area contributed by atoms with Crippen molar-refractivity contribution in [2.24, 2.45) is 0 Å². The molecule has 1 amide bonds. The van der Waals surface area contributed by atoms with Gasteiger partial charge in [0.25, 0.3) is 0 Å². The molecule has 3 heteroatoms. The standard InChI is InChI=1S/C6H11NOS/c8-6-3-1-2-4-7(6)5-9/h9H,1-5H2. The summed E-state index contributed by atoms with van der Waals surface area (Å²) < 4.78 is 0. The molecule has 0 bridgehead atoms. The number of hydrogen-bond donors (Lipinski definition) is 1. The van der Waals surface area contributed by atoms with Crippen LogP contribution < -0.4 is 0 Å². The number of piperidine rings is 1. The van der Waals surface area contributed by atoms with Crippen molar-refractivity contribution in [2.75, 3.05) is 12.4 Å². The lowest BCUT2D eigenvalue weighted by Crippen LogP contribution is -2.33. The van der Waals surface area contributed by atoms with Crippen LogP contribution >= 0.6 is 12.6 Å². The van der Waals surface area contributed by atoms with Crippen LogP contribution in [-0.4, -0.2) is 23.2 Å². The zero-order valence-corrected chi connectivity index (χ0v) is 6.23. The fraction of sp³-hybridized carbons (Fsp3) is 0.833. The monoisotopic (exact) mass is 145 g/mol. The van der Waals surface area contributed by atoms with E-state index in [0.717, 1.165) is 25.8 Å². The minimum Gasteiger partial charge on any atom is -0.334 e. The summed E-state index contributed by atoms with van der Waals surface area (Å²) in [5.74, 6) is 0.843. The van der Waals surface area contributed by atoms with Crippen LogP contribution in [0.25, 0.3) is 0 Å². The molecule has 1 fully saturated rings. The van der Waals surface area contributed by atoms with Gasteiger partial charge in [-0.05, 0) is 12.8 Å². The smallest absolute Gasteiger partial charge is 0.223 e. The summed E-state index contributed by atoms with van der Waals surface area (Å²) >= 11 is 4.03. The third kappa shape index (κ3) is 1.61. The summed E-state index contributed by atoms with van der Waals surface area (Å²) in [5.41, 5.74) is 0. The fourth-order valence-corrected chi connectivity index (χ4v) is 1.31. The first-order valence-electron chi connectivity index (χ1n) is 3.23. The normalized spacial score (nSPS) is 20.6. The summed E-state index contributed by atoms with van der Waals surface area (Å²) in [7, 11) is 0. The van der Waals surface area contributed by atoms with E-state index in [0.29, 0.717) is 5.88 Å². The van der Waals surface area contributed by atoms with E-state index in [4.69, 9.17) is 0 Å². The highest BCUT2D eigenvalue weighted by Crippen LogP contribution is 2.09. The van der Waals surface area contributed by atoms with Crippen molar-refractivity contribution in [2.45, 2.75) is 19.3 Å². The van der Waals surface area contributed by atoms with Gasteiger partial charge in [0.05, 0.1) is 5.88 Å². The van der Waals surface area contributed by atoms with Crippen molar-refractivity contribution in [3.05, 3.63) is 0 Å². The Hall–Kier alpha value is -0.180. The molecule has 0 unspecified atom stereocenters. The van der Waals surface area contributed by atoms with Crippen LogP contribution in [0.1, 0.15) is 19.3 Å². The maximum atomic E-state index is 10.9. The van der Waals surface area contributed by atoms with Crippen LogP contribution in [-0.2, 0) is 4.79 Å². The van der Waals surface area contributed by atoms with Crippen molar-refractivity contribution in [1.29, 1.82) is 0 Å². The van der Waals surface area contributed by atoms with Crippen molar-refractivity contribution >= 4 is 18.5 Å². The molecule has 9 heavy (non-hydrogen) atoms. The SMILES string of the molecule is O=C1CCCCN1CS. The molecular weight excluding hydrogens is 134 g/mol. The second-order valence-electron chi connectivity index (χ2n) is 2.26. The van der Waals surface area contributed by atoms with Gasteiger partial charge in [-0.25, -0.2) is 0 Å². The Labute approximate surface area is 60.6 Å². The summed E-state index contributed by atoms with van der Waals surface area (Å²) in [6.45, 7) is 0.905. The maximum Gasteiger partial charge on any atom is 0.223 e. The van der Waals surface area contributed by atoms with Crippen molar-refractivity contribution in [3.8, 4) is 0 Å². The number of rotatable bonds is 1. The first kappa shape index (κ1) is 6.93. The zero-order valence-electron chi connectivity index (χ0n) is 5.34. The number of likely N-dealkylation sites (tertiary alicyclic amines) is 1. The maximum absolute atomic E-state index is 10.9. The third-order valence-corrected chi connectivity index (χ3v) is 1.93. The largest absolute Gasteiger partial charge is 0.334 e. The van der Waals surface area contributed by atoms with E-state index in [2.05, 4.69) is 12.6 Å². The average Bonchev–Trinajstić information content (AvgIpc) is 1.89. The molecule has 0 aromatic rings. The predicted octanol–water partition coefficient (Wildman–Crippen LogP) is 0.886. The Morgan fingerprint density at radius 2 is 2.33 bits per heavy atom. The zero-order chi connectivity index (χ0) is 6.69. The van der Waals surface area contributed by atoms with Gasteiger partial charge in [-0.2, -0.15) is 12.6 Å². The van der Waals surface area contributed by atoms with Crippen LogP contribution in [0, 0.1) is 0 Å². The molecule has 0 aliphatic carbocycles. The van der Waals surface area contributed by atoms with Crippen LogP contribution in [0.2, 0.25) is 0 Å². The molecule has 0 N–H and O–H groups in total. The van der Waals surface area contributed by atoms with Gasteiger partial charge in [0.15, 0.2) is 0 Å². The minimum absolute atomic E-state index is 0.260. The van der Waals surface area contributed by atoms with E-state index in [9.17, 15) is 4.79 Å². The molecule has 0 aromatic carbocycles. The van der Waals surface area contributed by atoms with Crippen LogP contribution in [0.3, 0.4) is 0 Å². The number of thiol groups is 1. The lowest BCUT2D eigenvalue weighted by molar-refractivity contribution is -0.132. The Kier molecular flexibility index (Phi) is 2.39. The molecule has 1 heterocycles. The number of nitrogens with zero attached hydrogens (tertiary/aromatic N) is 1. The molecule has 0 radical (unpaired) electrons. The van der Waals surface area contributed by atoms with Gasteiger partial charge in [-0.3, -0.25) is 4.79 Å². The van der Waals surface area contributed by atoms with E-state index in [-0.39, 0.29) is 5.91 Å². The Balaban J connectivity index is 2.39. The minimum atomic E-state index is 0.260. The molecule has 0 spiro atoms. The van der Waals surface area contributed by atoms with Gasteiger partial charge in [0.1, 0.15) is 0 Å². The van der Waals surface area contributed by atoms with Crippen molar-refractivity contribution in [3.63, 3.8) is 0 Å². The number of amides is 1. The molecule has 0 atom stereocenters. The highest BCUT2D eigenvalue weighted by Gasteiger charge is 2.15. The number of carbonyl (C=O) groups excluding carboxylic acids is 1. The molecule has 1 saturated heterocycles. The lowest BCUT2D eigenvalue weighted by atomic mass is 10.1. The summed E-state index contributed by atoms with van der Waals surface area (Å²) in [6, 6.07) is 0. The van der Waals surface area contributed by atoms with Crippen molar-refractivity contribution < 1.29 is 4.79 Å². The highest BCUT2D eigenvalue weighted by atomic mass is 32.1. The lowest BCUT2D eigenvalue weighted by Gasteiger charge is -2.24. The molecule has 52 valence electrons. The van der Waals surface area contributed by atoms with Gasteiger partial charge < -0.3 is 4.90 Å². The van der Waals surface area contributed by atoms with E-state index in [1.54, 1.807) is 4.90 Å². The number of carbonyl (C=O) groups is 1. The van der Waals surface area contributed by atoms with Gasteiger partial charge in [0.2, 0.25) is 5.91 Å². The molecular formula is C6H11NOS. The van der Waals surface area contributed by atoms with E-state index >= 15 is 0 Å². The van der Waals surface area contributed by atoms with Crippen LogP contribution in [0.4, 0.5) is 0 Å². The Morgan fingerprint density at radius 1 is 1.56 bits per heavy atom. The second kappa shape index (κ2) is 3.11. The first-order valence-corrected chi connectivity index (χ1v) is 3.86. The van der Waals surface area contributed by atoms with Crippen LogP contribution in [0.5, 0.6) is 0 Å². The summed E-state index contributed by atoms with van der Waals surface area (Å²) in [5, 5.41) is 0. The third-order valence-electron chi connectivity index (χ3n) is 1.59. The summed E-state index contributed by atoms with van der Waals surface area (Å²) in [6.07, 6.45) is 2.93. The Bertz CT molecular complexity index is 116. The highest BCUT2D eigenvalue weighted by molar-refractivity contribution is 7.80. The summed E-state index contributed by atoms with van der Waals surface area (Å²) in [4.78, 5) is 12.7. The topological polar surface area (TPSA) is 20.3 Å². The number of hydrogen-bond acceptors (Lipinski definition) is 2. The van der Waals surface area contributed by atoms with Crippen molar-refractivity contribution in [1.82, 2.24) is 4.90 Å². The van der Waals surface area contributed by atoms with Gasteiger partial charge in [0, 0.05) is 13.0 Å². The molecule has 1 aliphatic rings. The molecule has 0 aromatic heterocycles. The quantitative estimate of drug-likeness (QED) is 0.543. The van der Waals surface area contributed by atoms with Gasteiger partial charge in [-0.15, -0.1) is 0 Å². The first-order chi connectivity index (χ1) is 4.34. The fourth-order valence-electron chi connectivity index (χ4n) is 1.01. The van der Waals surface area contributed by atoms with Gasteiger partial charge in [-0.1, -0.05) is 0 Å². The van der Waals surface area contributed by atoms with Crippen LogP contribution in [0.15, 0.2) is 0 Å².